The summed E-state index contributed by atoms with van der Waals surface area (Å²) in [6, 6.07) is 0. The zero-order valence-electron chi connectivity index (χ0n) is 46.0. The van der Waals surface area contributed by atoms with Crippen LogP contribution in [-0.4, -0.2) is 37.2 Å². The van der Waals surface area contributed by atoms with Gasteiger partial charge in [0.15, 0.2) is 6.10 Å². The molecule has 0 amide bonds. The Morgan fingerprint density at radius 2 is 0.557 bits per heavy atom. The summed E-state index contributed by atoms with van der Waals surface area (Å²) < 4.78 is 16.8. The molecule has 70 heavy (non-hydrogen) atoms. The molecule has 0 bridgehead atoms. The summed E-state index contributed by atoms with van der Waals surface area (Å²) in [5.74, 6) is -0.928. The zero-order chi connectivity index (χ0) is 50.7. The Balaban J connectivity index is 4.25. The van der Waals surface area contributed by atoms with E-state index in [1.807, 2.05) is 0 Å². The lowest BCUT2D eigenvalue weighted by molar-refractivity contribution is -0.167. The van der Waals surface area contributed by atoms with E-state index in [4.69, 9.17) is 14.2 Å². The Kier molecular flexibility index (Phi) is 55.3. The van der Waals surface area contributed by atoms with E-state index in [2.05, 4.69) is 106 Å². The van der Waals surface area contributed by atoms with Crippen molar-refractivity contribution >= 4 is 17.9 Å². The maximum absolute atomic E-state index is 12.8. The fraction of sp³-hybridized carbons (Fsp3) is 0.734. The summed E-state index contributed by atoms with van der Waals surface area (Å²) >= 11 is 0. The molecule has 0 spiro atoms. The molecule has 0 radical (unpaired) electrons. The van der Waals surface area contributed by atoms with Crippen LogP contribution in [0.2, 0.25) is 0 Å². The molecular weight excluding hydrogens is 865 g/mol. The van der Waals surface area contributed by atoms with Crippen molar-refractivity contribution in [3.8, 4) is 0 Å². The molecule has 0 aliphatic carbocycles. The molecule has 402 valence electrons. The summed E-state index contributed by atoms with van der Waals surface area (Å²) in [6.07, 6.45) is 75.9. The number of carbonyl (C=O) groups excluding carboxylic acids is 3. The predicted octanol–water partition coefficient (Wildman–Crippen LogP) is 19.9. The molecule has 1 unspecified atom stereocenters. The Labute approximate surface area is 433 Å². The van der Waals surface area contributed by atoms with E-state index in [9.17, 15) is 14.4 Å². The molecule has 0 aliphatic heterocycles. The van der Waals surface area contributed by atoms with Crippen LogP contribution in [0.15, 0.2) is 85.1 Å². The largest absolute Gasteiger partial charge is 0.462 e. The van der Waals surface area contributed by atoms with Gasteiger partial charge in [0, 0.05) is 19.3 Å². The van der Waals surface area contributed by atoms with Gasteiger partial charge in [-0.05, 0) is 116 Å². The molecular formula is C64H110O6. The molecule has 0 heterocycles. The van der Waals surface area contributed by atoms with Gasteiger partial charge >= 0.3 is 17.9 Å². The van der Waals surface area contributed by atoms with E-state index in [1.54, 1.807) is 0 Å². The Bertz CT molecular complexity index is 1350. The van der Waals surface area contributed by atoms with E-state index >= 15 is 0 Å². The highest BCUT2D eigenvalue weighted by Crippen LogP contribution is 2.15. The van der Waals surface area contributed by atoms with Crippen LogP contribution < -0.4 is 0 Å². The number of hydrogen-bond acceptors (Lipinski definition) is 6. The monoisotopic (exact) mass is 975 g/mol. The van der Waals surface area contributed by atoms with Crippen LogP contribution in [-0.2, 0) is 28.6 Å². The average Bonchev–Trinajstić information content (AvgIpc) is 3.36. The molecule has 0 N–H and O–H groups in total. The first kappa shape index (κ1) is 66.6. The third-order valence-electron chi connectivity index (χ3n) is 12.6. The summed E-state index contributed by atoms with van der Waals surface area (Å²) in [5, 5.41) is 0. The molecule has 0 aromatic carbocycles. The Hall–Kier alpha value is -3.41. The molecule has 0 rings (SSSR count). The topological polar surface area (TPSA) is 78.9 Å². The maximum atomic E-state index is 12.8. The summed E-state index contributed by atoms with van der Waals surface area (Å²) in [6.45, 7) is 6.46. The van der Waals surface area contributed by atoms with Crippen LogP contribution in [0, 0.1) is 0 Å². The number of unbranched alkanes of at least 4 members (excludes halogenated alkanes) is 28. The minimum absolute atomic E-state index is 0.0915. The second kappa shape index (κ2) is 58.2. The summed E-state index contributed by atoms with van der Waals surface area (Å²) in [7, 11) is 0. The zero-order valence-corrected chi connectivity index (χ0v) is 46.0. The van der Waals surface area contributed by atoms with E-state index in [0.29, 0.717) is 19.3 Å². The number of allylic oxidation sites excluding steroid dienone is 14. The van der Waals surface area contributed by atoms with E-state index < -0.39 is 6.10 Å². The van der Waals surface area contributed by atoms with Crippen molar-refractivity contribution in [2.75, 3.05) is 13.2 Å². The maximum Gasteiger partial charge on any atom is 0.306 e. The van der Waals surface area contributed by atoms with Crippen molar-refractivity contribution in [2.24, 2.45) is 0 Å². The molecule has 1 atom stereocenters. The molecule has 0 fully saturated rings. The van der Waals surface area contributed by atoms with Gasteiger partial charge in [0.25, 0.3) is 0 Å². The number of hydrogen-bond donors (Lipinski definition) is 0. The SMILES string of the molecule is CC/C=C\C/C=C\C/C=C\CCCCCC(=O)OC(COC(=O)CCCCCCC/C=C\CCCCC)COC(=O)CCCCCCCCCCCCCC/C=C\C/C=C\C/C=C\CCCCCCC. The van der Waals surface area contributed by atoms with Gasteiger partial charge in [0.2, 0.25) is 0 Å². The highest BCUT2D eigenvalue weighted by atomic mass is 16.6. The minimum atomic E-state index is -0.795. The van der Waals surface area contributed by atoms with Crippen molar-refractivity contribution < 1.29 is 28.6 Å². The highest BCUT2D eigenvalue weighted by Gasteiger charge is 2.19. The van der Waals surface area contributed by atoms with Crippen molar-refractivity contribution in [3.63, 3.8) is 0 Å². The molecule has 6 nitrogen and oxygen atoms in total. The molecule has 0 saturated carbocycles. The van der Waals surface area contributed by atoms with Gasteiger partial charge in [0.1, 0.15) is 13.2 Å². The van der Waals surface area contributed by atoms with Crippen molar-refractivity contribution in [3.05, 3.63) is 85.1 Å². The molecule has 0 aromatic rings. The number of esters is 3. The third kappa shape index (κ3) is 55.5. The molecule has 0 aliphatic rings. The fourth-order valence-electron chi connectivity index (χ4n) is 8.16. The summed E-state index contributed by atoms with van der Waals surface area (Å²) in [5.41, 5.74) is 0. The van der Waals surface area contributed by atoms with Crippen molar-refractivity contribution in [2.45, 2.75) is 290 Å². The van der Waals surface area contributed by atoms with Crippen LogP contribution >= 0.6 is 0 Å². The highest BCUT2D eigenvalue weighted by molar-refractivity contribution is 5.71. The van der Waals surface area contributed by atoms with Gasteiger partial charge in [-0.15, -0.1) is 0 Å². The lowest BCUT2D eigenvalue weighted by Gasteiger charge is -2.18. The number of rotatable bonds is 53. The minimum Gasteiger partial charge on any atom is -0.462 e. The predicted molar refractivity (Wildman–Crippen MR) is 302 cm³/mol. The third-order valence-corrected chi connectivity index (χ3v) is 12.6. The van der Waals surface area contributed by atoms with Crippen molar-refractivity contribution in [1.29, 1.82) is 0 Å². The lowest BCUT2D eigenvalue weighted by atomic mass is 10.0. The fourth-order valence-corrected chi connectivity index (χ4v) is 8.16. The second-order valence-electron chi connectivity index (χ2n) is 19.5. The van der Waals surface area contributed by atoms with Gasteiger partial charge in [-0.2, -0.15) is 0 Å². The van der Waals surface area contributed by atoms with Gasteiger partial charge in [0.05, 0.1) is 0 Å². The van der Waals surface area contributed by atoms with Crippen LogP contribution in [0.4, 0.5) is 0 Å². The van der Waals surface area contributed by atoms with Crippen LogP contribution in [0.25, 0.3) is 0 Å². The Morgan fingerprint density at radius 1 is 0.300 bits per heavy atom. The quantitative estimate of drug-likeness (QED) is 0.0261. The first-order chi connectivity index (χ1) is 34.5. The van der Waals surface area contributed by atoms with E-state index in [1.165, 1.54) is 141 Å². The van der Waals surface area contributed by atoms with Gasteiger partial charge in [-0.3, -0.25) is 14.4 Å². The lowest BCUT2D eigenvalue weighted by Crippen LogP contribution is -2.30. The van der Waals surface area contributed by atoms with Crippen LogP contribution in [0.1, 0.15) is 284 Å². The first-order valence-electron chi connectivity index (χ1n) is 29.6. The molecule has 0 aromatic heterocycles. The Morgan fingerprint density at radius 3 is 0.929 bits per heavy atom. The van der Waals surface area contributed by atoms with Gasteiger partial charge in [-0.1, -0.05) is 234 Å². The van der Waals surface area contributed by atoms with Crippen LogP contribution in [0.5, 0.6) is 0 Å². The smallest absolute Gasteiger partial charge is 0.306 e. The van der Waals surface area contributed by atoms with Crippen LogP contribution in [0.3, 0.4) is 0 Å². The summed E-state index contributed by atoms with van der Waals surface area (Å²) in [4.78, 5) is 38.1. The van der Waals surface area contributed by atoms with Gasteiger partial charge < -0.3 is 14.2 Å². The molecule has 6 heteroatoms. The first-order valence-corrected chi connectivity index (χ1v) is 29.6. The van der Waals surface area contributed by atoms with Gasteiger partial charge in [-0.25, -0.2) is 0 Å². The van der Waals surface area contributed by atoms with E-state index in [-0.39, 0.29) is 31.1 Å². The number of carbonyl (C=O) groups is 3. The van der Waals surface area contributed by atoms with E-state index in [0.717, 1.165) is 103 Å². The molecule has 0 saturated heterocycles. The normalized spacial score (nSPS) is 12.7. The number of ether oxygens (including phenoxy) is 3. The second-order valence-corrected chi connectivity index (χ2v) is 19.5. The average molecular weight is 976 g/mol. The standard InChI is InChI=1S/C64H110O6/c1-4-7-10-13-16-19-22-25-26-27-28-29-30-31-32-33-34-35-36-37-38-40-42-45-48-51-54-57-63(66)69-60-61(59-68-62(65)56-53-50-47-44-41-24-21-18-15-12-9-6-3)70-64(67)58-55-52-49-46-43-39-23-20-17-14-11-8-5-2/h8,11,17-18,20-22,25,27-28,30-31,39,43,61H,4-7,9-10,12-16,19,23-24,26,29,32-38,40-42,44-60H2,1-3H3/b11-8-,20-17-,21-18-,25-22-,28-27-,31-30-,43-39-. The van der Waals surface area contributed by atoms with Crippen molar-refractivity contribution in [1.82, 2.24) is 0 Å².